The van der Waals surface area contributed by atoms with Gasteiger partial charge in [-0.1, -0.05) is 70.6 Å². The highest BCUT2D eigenvalue weighted by Crippen LogP contribution is 2.12. The predicted octanol–water partition coefficient (Wildman–Crippen LogP) is 5.69. The van der Waals surface area contributed by atoms with Gasteiger partial charge in [0.05, 0.1) is 6.61 Å². The lowest BCUT2D eigenvalue weighted by Crippen LogP contribution is -1.97. The number of hydrogen-bond donors (Lipinski definition) is 0. The summed E-state index contributed by atoms with van der Waals surface area (Å²) in [5.74, 6) is 0.999. The SMILES string of the molecule is CC.CCCCCCCCOc1ccc(C)cc1.CN1CC1. The smallest absolute Gasteiger partial charge is 0.119 e. The van der Waals surface area contributed by atoms with Gasteiger partial charge in [-0.25, -0.2) is 0 Å². The number of aryl methyl sites for hydroxylation is 1. The van der Waals surface area contributed by atoms with Crippen molar-refractivity contribution >= 4 is 0 Å². The molecule has 0 spiro atoms. The van der Waals surface area contributed by atoms with Crippen molar-refractivity contribution in [3.8, 4) is 5.75 Å². The fraction of sp³-hybridized carbons (Fsp3) is 0.700. The van der Waals surface area contributed by atoms with E-state index in [2.05, 4.69) is 37.9 Å². The number of hydrogen-bond acceptors (Lipinski definition) is 2. The fourth-order valence-electron chi connectivity index (χ4n) is 1.81. The number of unbranched alkanes of at least 4 members (excludes halogenated alkanes) is 5. The third-order valence-electron chi connectivity index (χ3n) is 3.46. The van der Waals surface area contributed by atoms with Crippen LogP contribution in [0.25, 0.3) is 0 Å². The number of benzene rings is 1. The number of likely N-dealkylation sites (N-methyl/N-ethyl adjacent to an activating group) is 1. The van der Waals surface area contributed by atoms with Crippen molar-refractivity contribution in [2.45, 2.75) is 66.2 Å². The Hall–Kier alpha value is -1.02. The van der Waals surface area contributed by atoms with E-state index < -0.39 is 0 Å². The van der Waals surface area contributed by atoms with E-state index in [-0.39, 0.29) is 0 Å². The largest absolute Gasteiger partial charge is 0.494 e. The van der Waals surface area contributed by atoms with Crippen LogP contribution in [0.3, 0.4) is 0 Å². The van der Waals surface area contributed by atoms with Gasteiger partial charge in [0.2, 0.25) is 0 Å². The van der Waals surface area contributed by atoms with Gasteiger partial charge in [-0.05, 0) is 32.5 Å². The first-order valence-electron chi connectivity index (χ1n) is 9.10. The fourth-order valence-corrected chi connectivity index (χ4v) is 1.81. The van der Waals surface area contributed by atoms with E-state index in [1.165, 1.54) is 57.2 Å². The quantitative estimate of drug-likeness (QED) is 0.451. The van der Waals surface area contributed by atoms with Crippen molar-refractivity contribution < 1.29 is 4.74 Å². The Morgan fingerprint density at radius 2 is 1.41 bits per heavy atom. The molecule has 1 fully saturated rings. The molecule has 0 N–H and O–H groups in total. The minimum Gasteiger partial charge on any atom is -0.494 e. The van der Waals surface area contributed by atoms with E-state index in [9.17, 15) is 0 Å². The summed E-state index contributed by atoms with van der Waals surface area (Å²) in [6, 6.07) is 8.28. The highest BCUT2D eigenvalue weighted by atomic mass is 16.5. The van der Waals surface area contributed by atoms with Gasteiger partial charge in [0.15, 0.2) is 0 Å². The van der Waals surface area contributed by atoms with Crippen molar-refractivity contribution in [1.82, 2.24) is 4.90 Å². The van der Waals surface area contributed by atoms with Crippen LogP contribution in [-0.4, -0.2) is 31.6 Å². The minimum absolute atomic E-state index is 0.856. The molecule has 0 amide bonds. The Balaban J connectivity index is 0.000000617. The van der Waals surface area contributed by atoms with Crippen LogP contribution in [0.15, 0.2) is 24.3 Å². The van der Waals surface area contributed by atoms with E-state index >= 15 is 0 Å². The second-order valence-corrected chi connectivity index (χ2v) is 5.73. The van der Waals surface area contributed by atoms with Crippen molar-refractivity contribution in [2.75, 3.05) is 26.7 Å². The monoisotopic (exact) mass is 307 g/mol. The third kappa shape index (κ3) is 13.9. The molecule has 0 atom stereocenters. The summed E-state index contributed by atoms with van der Waals surface area (Å²) in [5, 5.41) is 0. The molecule has 0 aromatic heterocycles. The predicted molar refractivity (Wildman–Crippen MR) is 98.9 cm³/mol. The first-order chi connectivity index (χ1) is 10.7. The van der Waals surface area contributed by atoms with Crippen LogP contribution in [0.2, 0.25) is 0 Å². The summed E-state index contributed by atoms with van der Waals surface area (Å²) in [6.45, 7) is 11.8. The lowest BCUT2D eigenvalue weighted by atomic mass is 10.1. The Bertz CT molecular complexity index is 330. The van der Waals surface area contributed by atoms with Crippen LogP contribution in [0, 0.1) is 6.92 Å². The molecule has 1 heterocycles. The molecule has 0 aliphatic carbocycles. The van der Waals surface area contributed by atoms with Crippen molar-refractivity contribution in [1.29, 1.82) is 0 Å². The van der Waals surface area contributed by atoms with Gasteiger partial charge in [0.1, 0.15) is 5.75 Å². The Kier molecular flexibility index (Phi) is 14.2. The van der Waals surface area contributed by atoms with E-state index in [0.29, 0.717) is 0 Å². The minimum atomic E-state index is 0.856. The second-order valence-electron chi connectivity index (χ2n) is 5.73. The molecular weight excluding hydrogens is 270 g/mol. The molecule has 1 aliphatic heterocycles. The summed E-state index contributed by atoms with van der Waals surface area (Å²) in [7, 11) is 2.11. The van der Waals surface area contributed by atoms with E-state index in [1.807, 2.05) is 26.0 Å². The lowest BCUT2D eigenvalue weighted by Gasteiger charge is -2.06. The van der Waals surface area contributed by atoms with Crippen LogP contribution >= 0.6 is 0 Å². The van der Waals surface area contributed by atoms with Crippen molar-refractivity contribution in [2.24, 2.45) is 0 Å². The maximum absolute atomic E-state index is 5.67. The van der Waals surface area contributed by atoms with Crippen LogP contribution in [-0.2, 0) is 0 Å². The van der Waals surface area contributed by atoms with Gasteiger partial charge in [-0.15, -0.1) is 0 Å². The highest BCUT2D eigenvalue weighted by molar-refractivity contribution is 5.26. The first-order valence-corrected chi connectivity index (χ1v) is 9.10. The normalized spacial score (nSPS) is 12.6. The third-order valence-corrected chi connectivity index (χ3v) is 3.46. The zero-order valence-electron chi connectivity index (χ0n) is 15.5. The molecule has 0 unspecified atom stereocenters. The highest BCUT2D eigenvalue weighted by Gasteiger charge is 2.07. The number of rotatable bonds is 8. The van der Waals surface area contributed by atoms with Gasteiger partial charge < -0.3 is 9.64 Å². The molecule has 1 aliphatic rings. The number of ether oxygens (including phenoxy) is 1. The van der Waals surface area contributed by atoms with Crippen molar-refractivity contribution in [3.63, 3.8) is 0 Å². The molecule has 0 bridgehead atoms. The van der Waals surface area contributed by atoms with Gasteiger partial charge in [-0.2, -0.15) is 0 Å². The second kappa shape index (κ2) is 14.9. The molecule has 1 aromatic carbocycles. The van der Waals surface area contributed by atoms with E-state index in [1.54, 1.807) is 0 Å². The van der Waals surface area contributed by atoms with Crippen LogP contribution in [0.5, 0.6) is 5.75 Å². The Labute approximate surface area is 138 Å². The Morgan fingerprint density at radius 1 is 0.909 bits per heavy atom. The molecule has 128 valence electrons. The summed E-state index contributed by atoms with van der Waals surface area (Å²) in [5.41, 5.74) is 1.28. The molecule has 1 saturated heterocycles. The van der Waals surface area contributed by atoms with E-state index in [0.717, 1.165) is 12.4 Å². The molecule has 0 saturated carbocycles. The number of nitrogens with zero attached hydrogens (tertiary/aromatic N) is 1. The van der Waals surface area contributed by atoms with Crippen LogP contribution < -0.4 is 4.74 Å². The zero-order valence-corrected chi connectivity index (χ0v) is 15.5. The Morgan fingerprint density at radius 3 is 1.91 bits per heavy atom. The lowest BCUT2D eigenvalue weighted by molar-refractivity contribution is 0.304. The standard InChI is InChI=1S/C15H24O.C3H7N.C2H6/c1-3-4-5-6-7-8-13-16-15-11-9-14(2)10-12-15;1-4-2-3-4;1-2/h9-12H,3-8,13H2,1-2H3;2-3H2,1H3;1-2H3. The molecule has 2 nitrogen and oxygen atoms in total. The molecule has 2 heteroatoms. The average Bonchev–Trinajstić information content (AvgIpc) is 3.33. The maximum atomic E-state index is 5.67. The molecule has 0 radical (unpaired) electrons. The summed E-state index contributed by atoms with van der Waals surface area (Å²) < 4.78 is 5.67. The van der Waals surface area contributed by atoms with Crippen LogP contribution in [0.1, 0.15) is 64.9 Å². The summed E-state index contributed by atoms with van der Waals surface area (Å²) in [6.07, 6.45) is 7.90. The molecule has 2 rings (SSSR count). The van der Waals surface area contributed by atoms with Gasteiger partial charge in [-0.3, -0.25) is 0 Å². The maximum Gasteiger partial charge on any atom is 0.119 e. The van der Waals surface area contributed by atoms with Gasteiger partial charge in [0.25, 0.3) is 0 Å². The summed E-state index contributed by atoms with van der Waals surface area (Å²) >= 11 is 0. The van der Waals surface area contributed by atoms with E-state index in [4.69, 9.17) is 4.74 Å². The molecule has 22 heavy (non-hydrogen) atoms. The van der Waals surface area contributed by atoms with Gasteiger partial charge >= 0.3 is 0 Å². The zero-order chi connectivity index (χ0) is 16.6. The molecule has 1 aromatic rings. The molecular formula is C20H37NO. The van der Waals surface area contributed by atoms with Crippen LogP contribution in [0.4, 0.5) is 0 Å². The van der Waals surface area contributed by atoms with Gasteiger partial charge in [0, 0.05) is 13.1 Å². The average molecular weight is 308 g/mol. The topological polar surface area (TPSA) is 12.2 Å². The summed E-state index contributed by atoms with van der Waals surface area (Å²) in [4.78, 5) is 2.25. The first kappa shape index (κ1) is 21.0. The van der Waals surface area contributed by atoms with Crippen molar-refractivity contribution in [3.05, 3.63) is 29.8 Å².